The maximum absolute atomic E-state index is 11.0. The summed E-state index contributed by atoms with van der Waals surface area (Å²) in [4.78, 5) is 11.0. The molecule has 4 heteroatoms. The molecule has 0 saturated heterocycles. The monoisotopic (exact) mass is 230 g/mol. The molecule has 4 nitrogen and oxygen atoms in total. The zero-order chi connectivity index (χ0) is 12.0. The second-order valence-electron chi connectivity index (χ2n) is 4.45. The molecule has 0 atom stereocenters. The van der Waals surface area contributed by atoms with Crippen molar-refractivity contribution in [3.8, 4) is 0 Å². The highest BCUT2D eigenvalue weighted by Crippen LogP contribution is 2.28. The van der Waals surface area contributed by atoms with Crippen LogP contribution in [0.1, 0.15) is 21.6 Å². The van der Waals surface area contributed by atoms with Gasteiger partial charge >= 0.3 is 5.97 Å². The Kier molecular flexibility index (Phi) is 2.19. The first-order chi connectivity index (χ1) is 8.18. The maximum atomic E-state index is 11.0. The molecule has 1 aromatic carbocycles. The van der Waals surface area contributed by atoms with E-state index in [1.165, 1.54) is 11.3 Å². The lowest BCUT2D eigenvalue weighted by atomic mass is 10.0. The van der Waals surface area contributed by atoms with Gasteiger partial charge in [-0.25, -0.2) is 4.79 Å². The summed E-state index contributed by atoms with van der Waals surface area (Å²) in [7, 11) is 2.05. The van der Waals surface area contributed by atoms with Crippen LogP contribution in [-0.4, -0.2) is 22.2 Å². The summed E-state index contributed by atoms with van der Waals surface area (Å²) in [5.74, 6) is -0.867. The third-order valence-corrected chi connectivity index (χ3v) is 3.52. The Morgan fingerprint density at radius 2 is 2.29 bits per heavy atom. The number of nitrogens with one attached hydrogen (secondary N) is 1. The number of hydrogen-bond acceptors (Lipinski definition) is 2. The zero-order valence-corrected chi connectivity index (χ0v) is 9.66. The average Bonchev–Trinajstić information content (AvgIpc) is 2.64. The molecule has 0 saturated carbocycles. The van der Waals surface area contributed by atoms with Crippen LogP contribution in [0.5, 0.6) is 0 Å². The van der Waals surface area contributed by atoms with E-state index < -0.39 is 5.97 Å². The maximum Gasteiger partial charge on any atom is 0.335 e. The van der Waals surface area contributed by atoms with Crippen LogP contribution in [0.25, 0.3) is 10.9 Å². The number of rotatable bonds is 1. The van der Waals surface area contributed by atoms with E-state index in [1.807, 2.05) is 13.1 Å². The second kappa shape index (κ2) is 3.60. The van der Waals surface area contributed by atoms with E-state index in [4.69, 9.17) is 5.11 Å². The van der Waals surface area contributed by atoms with Gasteiger partial charge in [-0.2, -0.15) is 0 Å². The van der Waals surface area contributed by atoms with Crippen LogP contribution in [-0.2, 0) is 20.0 Å². The summed E-state index contributed by atoms with van der Waals surface area (Å²) in [6.07, 6.45) is 1.00. The molecular formula is C13H14N2O2. The molecule has 1 aromatic heterocycles. The minimum atomic E-state index is -0.867. The van der Waals surface area contributed by atoms with Gasteiger partial charge in [0.2, 0.25) is 0 Å². The molecular weight excluding hydrogens is 216 g/mol. The lowest BCUT2D eigenvalue weighted by molar-refractivity contribution is 0.0697. The van der Waals surface area contributed by atoms with E-state index in [0.717, 1.165) is 30.4 Å². The quantitative estimate of drug-likeness (QED) is 0.781. The van der Waals surface area contributed by atoms with Crippen LogP contribution < -0.4 is 5.32 Å². The van der Waals surface area contributed by atoms with Crippen molar-refractivity contribution < 1.29 is 9.90 Å². The van der Waals surface area contributed by atoms with Gasteiger partial charge in [-0.1, -0.05) is 0 Å². The molecule has 1 aliphatic rings. The van der Waals surface area contributed by atoms with Gasteiger partial charge in [0, 0.05) is 43.2 Å². The number of aromatic nitrogens is 1. The number of benzene rings is 1. The number of carbonyl (C=O) groups is 1. The van der Waals surface area contributed by atoms with Gasteiger partial charge in [-0.15, -0.1) is 0 Å². The zero-order valence-electron chi connectivity index (χ0n) is 9.66. The first kappa shape index (κ1) is 10.4. The fraction of sp³-hybridized carbons (Fsp3) is 0.308. The minimum absolute atomic E-state index is 0.358. The van der Waals surface area contributed by atoms with Gasteiger partial charge in [0.1, 0.15) is 0 Å². The van der Waals surface area contributed by atoms with Crippen molar-refractivity contribution in [2.24, 2.45) is 7.05 Å². The summed E-state index contributed by atoms with van der Waals surface area (Å²) in [6.45, 7) is 1.82. The number of carboxylic acid groups (broad SMARTS) is 1. The summed E-state index contributed by atoms with van der Waals surface area (Å²) in [5, 5.41) is 13.4. The molecule has 0 unspecified atom stereocenters. The molecule has 0 spiro atoms. The SMILES string of the molecule is Cn1c2c(c3cc(C(=O)O)ccc31)CNCC2. The summed E-state index contributed by atoms with van der Waals surface area (Å²) < 4.78 is 2.18. The Bertz CT molecular complexity index is 613. The summed E-state index contributed by atoms with van der Waals surface area (Å²) >= 11 is 0. The van der Waals surface area contributed by atoms with Crippen molar-refractivity contribution in [1.29, 1.82) is 0 Å². The number of nitrogens with zero attached hydrogens (tertiary/aromatic N) is 1. The molecule has 0 radical (unpaired) electrons. The van der Waals surface area contributed by atoms with Crippen molar-refractivity contribution in [2.75, 3.05) is 6.54 Å². The van der Waals surface area contributed by atoms with Crippen molar-refractivity contribution >= 4 is 16.9 Å². The smallest absolute Gasteiger partial charge is 0.335 e. The number of aryl methyl sites for hydroxylation is 1. The van der Waals surface area contributed by atoms with Crippen LogP contribution in [0.2, 0.25) is 0 Å². The largest absolute Gasteiger partial charge is 0.478 e. The Labute approximate surface area is 98.9 Å². The van der Waals surface area contributed by atoms with Crippen LogP contribution >= 0.6 is 0 Å². The van der Waals surface area contributed by atoms with Crippen LogP contribution in [0.3, 0.4) is 0 Å². The van der Waals surface area contributed by atoms with E-state index >= 15 is 0 Å². The van der Waals surface area contributed by atoms with E-state index in [1.54, 1.807) is 12.1 Å². The number of carboxylic acids is 1. The summed E-state index contributed by atoms with van der Waals surface area (Å²) in [6, 6.07) is 5.35. The number of fused-ring (bicyclic) bond motifs is 3. The molecule has 0 fully saturated rings. The minimum Gasteiger partial charge on any atom is -0.478 e. The molecule has 88 valence electrons. The first-order valence-electron chi connectivity index (χ1n) is 5.72. The van der Waals surface area contributed by atoms with Gasteiger partial charge in [-0.05, 0) is 23.8 Å². The highest BCUT2D eigenvalue weighted by molar-refractivity contribution is 5.95. The molecule has 0 bridgehead atoms. The number of hydrogen-bond donors (Lipinski definition) is 2. The van der Waals surface area contributed by atoms with E-state index in [0.29, 0.717) is 5.56 Å². The van der Waals surface area contributed by atoms with E-state index in [2.05, 4.69) is 9.88 Å². The van der Waals surface area contributed by atoms with E-state index in [9.17, 15) is 4.79 Å². The predicted octanol–water partition coefficient (Wildman–Crippen LogP) is 1.52. The molecule has 2 aromatic rings. The van der Waals surface area contributed by atoms with Gasteiger partial charge in [0.15, 0.2) is 0 Å². The Hall–Kier alpha value is -1.81. The Morgan fingerprint density at radius 1 is 1.47 bits per heavy atom. The van der Waals surface area contributed by atoms with Gasteiger partial charge in [0.05, 0.1) is 5.56 Å². The van der Waals surface area contributed by atoms with Crippen LogP contribution in [0.15, 0.2) is 18.2 Å². The number of aromatic carboxylic acids is 1. The predicted molar refractivity (Wildman–Crippen MR) is 65.3 cm³/mol. The van der Waals surface area contributed by atoms with Crippen LogP contribution in [0.4, 0.5) is 0 Å². The second-order valence-corrected chi connectivity index (χ2v) is 4.45. The molecule has 17 heavy (non-hydrogen) atoms. The van der Waals surface area contributed by atoms with Crippen LogP contribution in [0, 0.1) is 0 Å². The van der Waals surface area contributed by atoms with Crippen molar-refractivity contribution in [2.45, 2.75) is 13.0 Å². The fourth-order valence-corrected chi connectivity index (χ4v) is 2.64. The molecule has 2 N–H and O–H groups in total. The highest BCUT2D eigenvalue weighted by atomic mass is 16.4. The van der Waals surface area contributed by atoms with E-state index in [-0.39, 0.29) is 0 Å². The lowest BCUT2D eigenvalue weighted by Crippen LogP contribution is -2.24. The fourth-order valence-electron chi connectivity index (χ4n) is 2.64. The standard InChI is InChI=1S/C13H14N2O2/c1-15-11-3-2-8(13(16)17)6-9(11)10-7-14-5-4-12(10)15/h2-3,6,14H,4-5,7H2,1H3,(H,16,17). The van der Waals surface area contributed by atoms with Gasteiger partial charge in [-0.3, -0.25) is 0 Å². The Morgan fingerprint density at radius 3 is 3.06 bits per heavy atom. The molecule has 3 rings (SSSR count). The topological polar surface area (TPSA) is 54.3 Å². The molecule has 0 amide bonds. The lowest BCUT2D eigenvalue weighted by Gasteiger charge is -2.14. The van der Waals surface area contributed by atoms with Crippen molar-refractivity contribution in [3.05, 3.63) is 35.0 Å². The normalized spacial score (nSPS) is 14.9. The average molecular weight is 230 g/mol. The third kappa shape index (κ3) is 1.45. The Balaban J connectivity index is 2.32. The van der Waals surface area contributed by atoms with Crippen molar-refractivity contribution in [1.82, 2.24) is 9.88 Å². The van der Waals surface area contributed by atoms with Crippen molar-refractivity contribution in [3.63, 3.8) is 0 Å². The highest BCUT2D eigenvalue weighted by Gasteiger charge is 2.18. The van der Waals surface area contributed by atoms with Gasteiger partial charge < -0.3 is 15.0 Å². The molecule has 1 aliphatic heterocycles. The van der Waals surface area contributed by atoms with Gasteiger partial charge in [0.25, 0.3) is 0 Å². The first-order valence-corrected chi connectivity index (χ1v) is 5.72. The third-order valence-electron chi connectivity index (χ3n) is 3.52. The molecule has 0 aliphatic carbocycles. The molecule has 2 heterocycles. The summed E-state index contributed by atoms with van der Waals surface area (Å²) in [5.41, 5.74) is 4.04.